The van der Waals surface area contributed by atoms with Crippen LogP contribution in [0.2, 0.25) is 0 Å². The van der Waals surface area contributed by atoms with Crippen molar-refractivity contribution in [1.82, 2.24) is 15.2 Å². The summed E-state index contributed by atoms with van der Waals surface area (Å²) < 4.78 is 0. The van der Waals surface area contributed by atoms with Gasteiger partial charge in [-0.15, -0.1) is 0 Å². The largest absolute Gasteiger partial charge is 0.358 e. The van der Waals surface area contributed by atoms with E-state index in [-0.39, 0.29) is 24.0 Å². The minimum absolute atomic E-state index is 0.0392. The Labute approximate surface area is 120 Å². The van der Waals surface area contributed by atoms with Crippen LogP contribution in [0.15, 0.2) is 24.5 Å². The van der Waals surface area contributed by atoms with Gasteiger partial charge in [0.15, 0.2) is 0 Å². The van der Waals surface area contributed by atoms with E-state index in [9.17, 15) is 4.79 Å². The molecule has 1 amide bonds. The summed E-state index contributed by atoms with van der Waals surface area (Å²) in [5, 5.41) is 2.78. The monoisotopic (exact) mass is 276 g/mol. The predicted molar refractivity (Wildman–Crippen MR) is 79.0 cm³/mol. The third-order valence-electron chi connectivity index (χ3n) is 4.00. The summed E-state index contributed by atoms with van der Waals surface area (Å²) in [5.74, 6) is 0.0874. The molecule has 20 heavy (non-hydrogen) atoms. The first-order chi connectivity index (χ1) is 9.65. The van der Waals surface area contributed by atoms with Gasteiger partial charge in [-0.2, -0.15) is 0 Å². The first kappa shape index (κ1) is 14.9. The highest BCUT2D eigenvalue weighted by Gasteiger charge is 2.35. The summed E-state index contributed by atoms with van der Waals surface area (Å²) in [4.78, 5) is 18.4. The first-order valence-electron chi connectivity index (χ1n) is 7.28. The molecular formula is C15H24N4O. The highest BCUT2D eigenvalue weighted by molar-refractivity contribution is 5.81. The molecule has 0 aliphatic carbocycles. The normalized spacial score (nSPS) is 23.1. The van der Waals surface area contributed by atoms with Gasteiger partial charge in [0, 0.05) is 25.5 Å². The molecule has 2 heterocycles. The number of nitrogens with zero attached hydrogens (tertiary/aromatic N) is 2. The summed E-state index contributed by atoms with van der Waals surface area (Å²) in [6.07, 6.45) is 6.67. The zero-order valence-corrected chi connectivity index (χ0v) is 12.2. The Hall–Kier alpha value is -1.46. The first-order valence-corrected chi connectivity index (χ1v) is 7.28. The van der Waals surface area contributed by atoms with Crippen LogP contribution in [0.4, 0.5) is 0 Å². The van der Waals surface area contributed by atoms with Crippen molar-refractivity contribution in [3.05, 3.63) is 30.1 Å². The van der Waals surface area contributed by atoms with Gasteiger partial charge in [0.25, 0.3) is 0 Å². The second kappa shape index (κ2) is 6.81. The summed E-state index contributed by atoms with van der Waals surface area (Å²) in [5.41, 5.74) is 7.34. The van der Waals surface area contributed by atoms with Gasteiger partial charge in [0.05, 0.1) is 12.1 Å². The molecule has 5 heteroatoms. The van der Waals surface area contributed by atoms with E-state index in [1.807, 2.05) is 19.1 Å². The van der Waals surface area contributed by atoms with Crippen molar-refractivity contribution in [3.63, 3.8) is 0 Å². The Kier molecular flexibility index (Phi) is 5.09. The average molecular weight is 276 g/mol. The highest BCUT2D eigenvalue weighted by Crippen LogP contribution is 2.30. The topological polar surface area (TPSA) is 71.2 Å². The maximum absolute atomic E-state index is 12.1. The SMILES string of the molecule is CNC(=O)C1CCCCN1C(c1ccncc1)C(C)N. The number of nitrogens with one attached hydrogen (secondary N) is 1. The van der Waals surface area contributed by atoms with Crippen LogP contribution in [-0.2, 0) is 4.79 Å². The van der Waals surface area contributed by atoms with E-state index in [2.05, 4.69) is 15.2 Å². The van der Waals surface area contributed by atoms with Crippen molar-refractivity contribution in [3.8, 4) is 0 Å². The van der Waals surface area contributed by atoms with Crippen LogP contribution >= 0.6 is 0 Å². The number of likely N-dealkylation sites (N-methyl/N-ethyl adjacent to an activating group) is 1. The summed E-state index contributed by atoms with van der Waals surface area (Å²) in [7, 11) is 1.70. The quantitative estimate of drug-likeness (QED) is 0.863. The van der Waals surface area contributed by atoms with Gasteiger partial charge >= 0.3 is 0 Å². The van der Waals surface area contributed by atoms with E-state index in [0.717, 1.165) is 31.4 Å². The van der Waals surface area contributed by atoms with E-state index >= 15 is 0 Å². The second-order valence-corrected chi connectivity index (χ2v) is 5.45. The van der Waals surface area contributed by atoms with Crippen LogP contribution < -0.4 is 11.1 Å². The zero-order valence-electron chi connectivity index (χ0n) is 12.2. The van der Waals surface area contributed by atoms with Crippen LogP contribution in [0.3, 0.4) is 0 Å². The molecule has 3 unspecified atom stereocenters. The van der Waals surface area contributed by atoms with Gasteiger partial charge in [0.1, 0.15) is 0 Å². The third-order valence-corrected chi connectivity index (χ3v) is 4.00. The van der Waals surface area contributed by atoms with E-state index in [4.69, 9.17) is 5.73 Å². The van der Waals surface area contributed by atoms with E-state index < -0.39 is 0 Å². The molecule has 110 valence electrons. The number of carbonyl (C=O) groups excluding carboxylic acids is 1. The van der Waals surface area contributed by atoms with Crippen LogP contribution in [0.25, 0.3) is 0 Å². The highest BCUT2D eigenvalue weighted by atomic mass is 16.2. The molecule has 2 rings (SSSR count). The van der Waals surface area contributed by atoms with Crippen molar-refractivity contribution in [2.75, 3.05) is 13.6 Å². The number of likely N-dealkylation sites (tertiary alicyclic amines) is 1. The summed E-state index contributed by atoms with van der Waals surface area (Å²) >= 11 is 0. The Bertz CT molecular complexity index is 435. The average Bonchev–Trinajstić information content (AvgIpc) is 2.48. The fourth-order valence-electron chi connectivity index (χ4n) is 3.09. The van der Waals surface area contributed by atoms with Gasteiger partial charge in [-0.25, -0.2) is 0 Å². The van der Waals surface area contributed by atoms with E-state index in [1.165, 1.54) is 0 Å². The van der Waals surface area contributed by atoms with Crippen molar-refractivity contribution >= 4 is 5.91 Å². The van der Waals surface area contributed by atoms with Gasteiger partial charge in [0.2, 0.25) is 5.91 Å². The Morgan fingerprint density at radius 3 is 2.75 bits per heavy atom. The molecule has 0 radical (unpaired) electrons. The molecule has 1 aliphatic heterocycles. The van der Waals surface area contributed by atoms with Crippen LogP contribution in [0.5, 0.6) is 0 Å². The molecule has 3 atom stereocenters. The molecule has 0 spiro atoms. The molecule has 0 bridgehead atoms. The minimum Gasteiger partial charge on any atom is -0.358 e. The third kappa shape index (κ3) is 3.16. The number of rotatable bonds is 4. The standard InChI is InChI=1S/C15H24N4O/c1-11(16)14(12-6-8-18-9-7-12)19-10-4-3-5-13(19)15(20)17-2/h6-9,11,13-14H,3-5,10,16H2,1-2H3,(H,17,20). The van der Waals surface area contributed by atoms with Gasteiger partial charge < -0.3 is 11.1 Å². The van der Waals surface area contributed by atoms with E-state index in [0.29, 0.717) is 0 Å². The Morgan fingerprint density at radius 2 is 2.15 bits per heavy atom. The molecular weight excluding hydrogens is 252 g/mol. The van der Waals surface area contributed by atoms with E-state index in [1.54, 1.807) is 19.4 Å². The maximum Gasteiger partial charge on any atom is 0.237 e. The fourth-order valence-corrected chi connectivity index (χ4v) is 3.09. The number of carbonyl (C=O) groups is 1. The zero-order chi connectivity index (χ0) is 14.5. The van der Waals surface area contributed by atoms with Crippen LogP contribution in [0, 0.1) is 0 Å². The molecule has 3 N–H and O–H groups in total. The number of nitrogens with two attached hydrogens (primary N) is 1. The number of piperidine rings is 1. The predicted octanol–water partition coefficient (Wildman–Crippen LogP) is 1.07. The molecule has 1 fully saturated rings. The van der Waals surface area contributed by atoms with Crippen molar-refractivity contribution in [2.24, 2.45) is 5.73 Å². The molecule has 0 saturated carbocycles. The summed E-state index contributed by atoms with van der Waals surface area (Å²) in [6.45, 7) is 2.91. The van der Waals surface area contributed by atoms with Gasteiger partial charge in [-0.3, -0.25) is 14.7 Å². The van der Waals surface area contributed by atoms with Crippen molar-refractivity contribution < 1.29 is 4.79 Å². The number of aromatic nitrogens is 1. The Morgan fingerprint density at radius 1 is 1.45 bits per heavy atom. The van der Waals surface area contributed by atoms with Gasteiger partial charge in [-0.1, -0.05) is 6.42 Å². The fraction of sp³-hybridized carbons (Fsp3) is 0.600. The lowest BCUT2D eigenvalue weighted by Crippen LogP contribution is -2.53. The summed E-state index contributed by atoms with van der Waals surface area (Å²) in [6, 6.07) is 3.91. The lowest BCUT2D eigenvalue weighted by Gasteiger charge is -2.42. The number of hydrogen-bond acceptors (Lipinski definition) is 4. The van der Waals surface area contributed by atoms with Crippen LogP contribution in [-0.4, -0.2) is 41.5 Å². The Balaban J connectivity index is 2.29. The van der Waals surface area contributed by atoms with Gasteiger partial charge in [-0.05, 0) is 44.0 Å². The molecule has 1 aromatic heterocycles. The van der Waals surface area contributed by atoms with Crippen LogP contribution in [0.1, 0.15) is 37.8 Å². The number of hydrogen-bond donors (Lipinski definition) is 2. The molecule has 0 aromatic carbocycles. The van der Waals surface area contributed by atoms with Crippen molar-refractivity contribution in [1.29, 1.82) is 0 Å². The number of amides is 1. The lowest BCUT2D eigenvalue weighted by atomic mass is 9.93. The second-order valence-electron chi connectivity index (χ2n) is 5.45. The maximum atomic E-state index is 12.1. The molecule has 1 aliphatic rings. The molecule has 5 nitrogen and oxygen atoms in total. The molecule has 1 saturated heterocycles. The lowest BCUT2D eigenvalue weighted by molar-refractivity contribution is -0.128. The van der Waals surface area contributed by atoms with Crippen molar-refractivity contribution in [2.45, 2.75) is 44.3 Å². The minimum atomic E-state index is -0.0853. The number of pyridine rings is 1. The molecule has 1 aromatic rings. The smallest absolute Gasteiger partial charge is 0.237 e.